The molecule has 148 valence electrons. The number of phenols is 1. The van der Waals surface area contributed by atoms with Gasteiger partial charge in [-0.2, -0.15) is 5.10 Å². The van der Waals surface area contributed by atoms with Crippen LogP contribution in [-0.4, -0.2) is 22.2 Å². The number of nitrogens with zero attached hydrogens (tertiary/aromatic N) is 2. The lowest BCUT2D eigenvalue weighted by atomic mass is 10.0. The summed E-state index contributed by atoms with van der Waals surface area (Å²) in [4.78, 5) is 17.7. The molecule has 1 amide bonds. The van der Waals surface area contributed by atoms with Gasteiger partial charge in [0.1, 0.15) is 5.75 Å². The van der Waals surface area contributed by atoms with Crippen LogP contribution in [0.1, 0.15) is 21.5 Å². The Bertz CT molecular complexity index is 1250. The van der Waals surface area contributed by atoms with Gasteiger partial charge in [0.2, 0.25) is 0 Å². The van der Waals surface area contributed by atoms with Crippen LogP contribution in [0.2, 0.25) is 0 Å². The normalized spacial score (nSPS) is 11.1. The van der Waals surface area contributed by atoms with E-state index < -0.39 is 0 Å². The number of benzene rings is 3. The lowest BCUT2D eigenvalue weighted by Crippen LogP contribution is -2.18. The van der Waals surface area contributed by atoms with Crippen LogP contribution in [0, 0.1) is 6.92 Å². The van der Waals surface area contributed by atoms with Crippen LogP contribution >= 0.6 is 15.9 Å². The summed E-state index contributed by atoms with van der Waals surface area (Å²) in [6.07, 6.45) is 1.53. The number of aromatic hydroxyl groups is 1. The van der Waals surface area contributed by atoms with Crippen LogP contribution in [-0.2, 0) is 0 Å². The summed E-state index contributed by atoms with van der Waals surface area (Å²) in [7, 11) is 0. The summed E-state index contributed by atoms with van der Waals surface area (Å²) in [6.45, 7) is 1.98. The SMILES string of the molecule is Cc1ccc2nc(-c3ccc(Br)cc3)cc(C(=O)N/N=C/c3ccc(O)cc3)c2c1. The van der Waals surface area contributed by atoms with Gasteiger partial charge in [-0.05, 0) is 67.1 Å². The highest BCUT2D eigenvalue weighted by atomic mass is 79.9. The Morgan fingerprint density at radius 2 is 1.77 bits per heavy atom. The standard InChI is InChI=1S/C24H18BrN3O2/c1-15-2-11-22-20(12-15)21(13-23(27-22)17-5-7-18(25)8-6-17)24(30)28-26-14-16-3-9-19(29)10-4-16/h2-14,29H,1H3,(H,28,30)/b26-14+. The number of carbonyl (C=O) groups is 1. The number of fused-ring (bicyclic) bond motifs is 1. The number of aromatic nitrogens is 1. The first-order chi connectivity index (χ1) is 14.5. The molecular weight excluding hydrogens is 442 g/mol. The largest absolute Gasteiger partial charge is 0.508 e. The summed E-state index contributed by atoms with van der Waals surface area (Å²) < 4.78 is 0.976. The van der Waals surface area contributed by atoms with E-state index in [0.717, 1.165) is 32.1 Å². The Balaban J connectivity index is 1.70. The highest BCUT2D eigenvalue weighted by Crippen LogP contribution is 2.26. The van der Waals surface area contributed by atoms with Crippen molar-refractivity contribution in [2.45, 2.75) is 6.92 Å². The Kier molecular flexibility index (Phi) is 5.59. The van der Waals surface area contributed by atoms with Crippen LogP contribution in [0.3, 0.4) is 0 Å². The summed E-state index contributed by atoms with van der Waals surface area (Å²) in [5.74, 6) is -0.142. The number of hydrazone groups is 1. The molecule has 0 aliphatic carbocycles. The predicted octanol–water partition coefficient (Wildman–Crippen LogP) is 5.44. The number of rotatable bonds is 4. The first kappa shape index (κ1) is 19.8. The Labute approximate surface area is 182 Å². The van der Waals surface area contributed by atoms with Crippen molar-refractivity contribution in [1.82, 2.24) is 10.4 Å². The second kappa shape index (κ2) is 8.47. The molecule has 30 heavy (non-hydrogen) atoms. The summed E-state index contributed by atoms with van der Waals surface area (Å²) in [5, 5.41) is 14.2. The molecule has 5 nitrogen and oxygen atoms in total. The van der Waals surface area contributed by atoms with Crippen molar-refractivity contribution >= 4 is 39.0 Å². The van der Waals surface area contributed by atoms with Gasteiger partial charge in [0, 0.05) is 15.4 Å². The fourth-order valence-corrected chi connectivity index (χ4v) is 3.35. The monoisotopic (exact) mass is 459 g/mol. The molecule has 1 aromatic heterocycles. The van der Waals surface area contributed by atoms with Gasteiger partial charge in [0.05, 0.1) is 23.0 Å². The van der Waals surface area contributed by atoms with E-state index >= 15 is 0 Å². The molecule has 0 saturated heterocycles. The van der Waals surface area contributed by atoms with E-state index in [9.17, 15) is 9.90 Å². The molecule has 1 heterocycles. The van der Waals surface area contributed by atoms with E-state index in [0.29, 0.717) is 11.3 Å². The molecule has 0 radical (unpaired) electrons. The van der Waals surface area contributed by atoms with E-state index in [1.54, 1.807) is 30.3 Å². The van der Waals surface area contributed by atoms with Crippen LogP contribution in [0.15, 0.2) is 82.4 Å². The van der Waals surface area contributed by atoms with Crippen LogP contribution < -0.4 is 5.43 Å². The van der Waals surface area contributed by atoms with Crippen molar-refractivity contribution in [2.75, 3.05) is 0 Å². The van der Waals surface area contributed by atoms with Crippen LogP contribution in [0.5, 0.6) is 5.75 Å². The highest BCUT2D eigenvalue weighted by molar-refractivity contribution is 9.10. The number of amides is 1. The molecule has 0 fully saturated rings. The molecule has 4 aromatic rings. The number of carbonyl (C=O) groups excluding carboxylic acids is 1. The third-order valence-electron chi connectivity index (χ3n) is 4.62. The lowest BCUT2D eigenvalue weighted by molar-refractivity contribution is 0.0956. The van der Waals surface area contributed by atoms with Crippen molar-refractivity contribution in [2.24, 2.45) is 5.10 Å². The fraction of sp³-hybridized carbons (Fsp3) is 0.0417. The van der Waals surface area contributed by atoms with Gasteiger partial charge in [-0.1, -0.05) is 39.7 Å². The molecule has 0 bridgehead atoms. The minimum Gasteiger partial charge on any atom is -0.508 e. The van der Waals surface area contributed by atoms with E-state index in [4.69, 9.17) is 4.98 Å². The number of phenolic OH excluding ortho intramolecular Hbond substituents is 1. The maximum atomic E-state index is 13.0. The van der Waals surface area contributed by atoms with Gasteiger partial charge < -0.3 is 5.11 Å². The molecule has 0 atom stereocenters. The number of nitrogens with one attached hydrogen (secondary N) is 1. The van der Waals surface area contributed by atoms with Gasteiger partial charge in [-0.15, -0.1) is 0 Å². The lowest BCUT2D eigenvalue weighted by Gasteiger charge is -2.10. The number of pyridine rings is 1. The van der Waals surface area contributed by atoms with Crippen molar-refractivity contribution < 1.29 is 9.90 Å². The first-order valence-corrected chi connectivity index (χ1v) is 10.1. The molecule has 4 rings (SSSR count). The maximum absolute atomic E-state index is 13.0. The molecule has 2 N–H and O–H groups in total. The second-order valence-corrected chi connectivity index (χ2v) is 7.79. The molecule has 0 spiro atoms. The summed E-state index contributed by atoms with van der Waals surface area (Å²) in [5.41, 5.74) is 7.28. The van der Waals surface area contributed by atoms with Gasteiger partial charge in [-0.3, -0.25) is 4.79 Å². The fourth-order valence-electron chi connectivity index (χ4n) is 3.08. The molecule has 0 unspecified atom stereocenters. The minimum atomic E-state index is -0.318. The zero-order valence-corrected chi connectivity index (χ0v) is 17.7. The minimum absolute atomic E-state index is 0.176. The molecule has 0 saturated carbocycles. The maximum Gasteiger partial charge on any atom is 0.272 e. The van der Waals surface area contributed by atoms with E-state index in [1.807, 2.05) is 49.4 Å². The van der Waals surface area contributed by atoms with Gasteiger partial charge in [0.25, 0.3) is 5.91 Å². The number of aryl methyl sites for hydroxylation is 1. The Morgan fingerprint density at radius 1 is 1.03 bits per heavy atom. The summed E-state index contributed by atoms with van der Waals surface area (Å²) >= 11 is 3.44. The highest BCUT2D eigenvalue weighted by Gasteiger charge is 2.14. The third-order valence-corrected chi connectivity index (χ3v) is 5.15. The number of hydrogen-bond donors (Lipinski definition) is 2. The number of hydrogen-bond acceptors (Lipinski definition) is 4. The second-order valence-electron chi connectivity index (χ2n) is 6.87. The van der Waals surface area contributed by atoms with Crippen molar-refractivity contribution in [3.8, 4) is 17.0 Å². The van der Waals surface area contributed by atoms with Crippen molar-refractivity contribution in [3.05, 3.63) is 94.0 Å². The molecule has 6 heteroatoms. The van der Waals surface area contributed by atoms with Crippen molar-refractivity contribution in [3.63, 3.8) is 0 Å². The van der Waals surface area contributed by atoms with Crippen molar-refractivity contribution in [1.29, 1.82) is 0 Å². The Hall–Kier alpha value is -3.51. The van der Waals surface area contributed by atoms with E-state index in [2.05, 4.69) is 26.5 Å². The van der Waals surface area contributed by atoms with E-state index in [1.165, 1.54) is 6.21 Å². The molecular formula is C24H18BrN3O2. The van der Waals surface area contributed by atoms with Crippen LogP contribution in [0.4, 0.5) is 0 Å². The molecule has 0 aliphatic rings. The zero-order valence-electron chi connectivity index (χ0n) is 16.1. The van der Waals surface area contributed by atoms with Gasteiger partial charge in [0.15, 0.2) is 0 Å². The Morgan fingerprint density at radius 3 is 2.50 bits per heavy atom. The average molecular weight is 460 g/mol. The molecule has 3 aromatic carbocycles. The smallest absolute Gasteiger partial charge is 0.272 e. The topological polar surface area (TPSA) is 74.6 Å². The quantitative estimate of drug-likeness (QED) is 0.315. The van der Waals surface area contributed by atoms with Gasteiger partial charge >= 0.3 is 0 Å². The van der Waals surface area contributed by atoms with Gasteiger partial charge in [-0.25, -0.2) is 10.4 Å². The predicted molar refractivity (Wildman–Crippen MR) is 123 cm³/mol. The average Bonchev–Trinajstić information content (AvgIpc) is 2.75. The third kappa shape index (κ3) is 4.39. The zero-order chi connectivity index (χ0) is 21.1. The molecule has 0 aliphatic heterocycles. The van der Waals surface area contributed by atoms with Crippen LogP contribution in [0.25, 0.3) is 22.2 Å². The summed E-state index contributed by atoms with van der Waals surface area (Å²) in [6, 6.07) is 22.0. The van der Waals surface area contributed by atoms with E-state index in [-0.39, 0.29) is 11.7 Å². The first-order valence-electron chi connectivity index (χ1n) is 9.29. The number of halogens is 1.